The Morgan fingerprint density at radius 3 is 2.22 bits per heavy atom. The van der Waals surface area contributed by atoms with Crippen molar-refractivity contribution < 1.29 is 13.2 Å². The summed E-state index contributed by atoms with van der Waals surface area (Å²) in [5.41, 5.74) is 12.9. The van der Waals surface area contributed by atoms with Crippen molar-refractivity contribution in [3.63, 3.8) is 0 Å². The SMILES string of the molecule is C=N/C(=C(/C(N)=C/C=NC)N1C=CCC1)c1cccc(C(F)(F)F)c1.CC(C)(C)C.NC1CCNCC1. The molecule has 0 amide bonds. The van der Waals surface area contributed by atoms with E-state index in [2.05, 4.69) is 49.7 Å². The molecule has 1 aromatic carbocycles. The number of aliphatic imine (C=N–C) groups is 2. The van der Waals surface area contributed by atoms with Gasteiger partial charge in [-0.15, -0.1) is 0 Å². The van der Waals surface area contributed by atoms with Gasteiger partial charge in [-0.1, -0.05) is 45.9 Å². The summed E-state index contributed by atoms with van der Waals surface area (Å²) in [4.78, 5) is 9.68. The minimum Gasteiger partial charge on any atom is -0.397 e. The van der Waals surface area contributed by atoms with Gasteiger partial charge in [-0.05, 0) is 62.7 Å². The summed E-state index contributed by atoms with van der Waals surface area (Å²) < 4.78 is 39.1. The first-order valence-electron chi connectivity index (χ1n) is 12.4. The Kier molecular flexibility index (Phi) is 13.3. The molecule has 2 heterocycles. The number of allylic oxidation sites excluding steroid dienone is 1. The van der Waals surface area contributed by atoms with Crippen LogP contribution >= 0.6 is 0 Å². The Bertz CT molecular complexity index is 959. The fourth-order valence-electron chi connectivity index (χ4n) is 3.34. The molecule has 0 atom stereocenters. The van der Waals surface area contributed by atoms with Crippen LogP contribution in [0.15, 0.2) is 64.0 Å². The van der Waals surface area contributed by atoms with Crippen LogP contribution in [0, 0.1) is 5.41 Å². The van der Waals surface area contributed by atoms with Gasteiger partial charge < -0.3 is 21.7 Å². The Morgan fingerprint density at radius 2 is 1.78 bits per heavy atom. The fourth-order valence-corrected chi connectivity index (χ4v) is 3.34. The summed E-state index contributed by atoms with van der Waals surface area (Å²) in [6, 6.07) is 5.43. The van der Waals surface area contributed by atoms with Gasteiger partial charge in [0.15, 0.2) is 0 Å². The number of benzene rings is 1. The van der Waals surface area contributed by atoms with Gasteiger partial charge in [-0.2, -0.15) is 13.2 Å². The van der Waals surface area contributed by atoms with Crippen molar-refractivity contribution in [1.82, 2.24) is 10.2 Å². The molecule has 9 heteroatoms. The molecule has 1 saturated heterocycles. The summed E-state index contributed by atoms with van der Waals surface area (Å²) in [6.45, 7) is 15.2. The van der Waals surface area contributed by atoms with E-state index in [9.17, 15) is 13.2 Å². The topological polar surface area (TPSA) is 92.0 Å². The van der Waals surface area contributed by atoms with E-state index in [-0.39, 0.29) is 5.70 Å². The van der Waals surface area contributed by atoms with E-state index in [4.69, 9.17) is 11.5 Å². The van der Waals surface area contributed by atoms with Crippen molar-refractivity contribution >= 4 is 18.6 Å². The molecule has 1 aromatic rings. The van der Waals surface area contributed by atoms with Crippen molar-refractivity contribution in [2.45, 2.75) is 59.2 Å². The van der Waals surface area contributed by atoms with Gasteiger partial charge in [-0.3, -0.25) is 9.98 Å². The highest BCUT2D eigenvalue weighted by Crippen LogP contribution is 2.33. The minimum absolute atomic E-state index is 0.288. The van der Waals surface area contributed by atoms with Crippen molar-refractivity contribution in [3.05, 3.63) is 65.1 Å². The third-order valence-electron chi connectivity index (χ3n) is 5.02. The second kappa shape index (κ2) is 15.4. The van der Waals surface area contributed by atoms with E-state index in [0.29, 0.717) is 35.0 Å². The molecule has 3 rings (SSSR count). The highest BCUT2D eigenvalue weighted by atomic mass is 19.4. The second-order valence-electron chi connectivity index (χ2n) is 10.4. The molecular weight excluding hydrogens is 477 g/mol. The van der Waals surface area contributed by atoms with Crippen molar-refractivity contribution in [2.24, 2.45) is 26.9 Å². The van der Waals surface area contributed by atoms with E-state index < -0.39 is 11.7 Å². The maximum atomic E-state index is 13.0. The number of hydrogen-bond acceptors (Lipinski definition) is 6. The number of alkyl halides is 3. The van der Waals surface area contributed by atoms with Crippen LogP contribution in [-0.2, 0) is 6.18 Å². The fraction of sp³-hybridized carbons (Fsp3) is 0.500. The van der Waals surface area contributed by atoms with Crippen LogP contribution in [0.1, 0.15) is 58.1 Å². The molecule has 0 spiro atoms. The summed E-state index contributed by atoms with van der Waals surface area (Å²) in [7, 11) is 1.60. The van der Waals surface area contributed by atoms with Crippen LogP contribution in [0.3, 0.4) is 0 Å². The Morgan fingerprint density at radius 1 is 1.16 bits per heavy atom. The van der Waals surface area contributed by atoms with Gasteiger partial charge in [0, 0.05) is 37.6 Å². The first-order chi connectivity index (χ1) is 17.3. The highest BCUT2D eigenvalue weighted by Gasteiger charge is 2.31. The van der Waals surface area contributed by atoms with Gasteiger partial charge in [0.2, 0.25) is 0 Å². The summed E-state index contributed by atoms with van der Waals surface area (Å²) in [6.07, 6.45) is 5.56. The van der Waals surface area contributed by atoms with Crippen molar-refractivity contribution in [1.29, 1.82) is 0 Å². The van der Waals surface area contributed by atoms with Crippen molar-refractivity contribution in [2.75, 3.05) is 26.7 Å². The monoisotopic (exact) mass is 520 g/mol. The molecule has 0 bridgehead atoms. The molecule has 0 unspecified atom stereocenters. The number of halogens is 3. The zero-order valence-corrected chi connectivity index (χ0v) is 22.8. The van der Waals surface area contributed by atoms with Crippen LogP contribution in [0.4, 0.5) is 13.2 Å². The van der Waals surface area contributed by atoms with E-state index in [1.165, 1.54) is 12.3 Å². The van der Waals surface area contributed by atoms with Gasteiger partial charge in [0.05, 0.1) is 22.7 Å². The maximum Gasteiger partial charge on any atom is 0.416 e. The summed E-state index contributed by atoms with van der Waals surface area (Å²) in [5, 5.41) is 3.24. The molecule has 2 aliphatic rings. The van der Waals surface area contributed by atoms with Crippen LogP contribution in [0.5, 0.6) is 0 Å². The lowest BCUT2D eigenvalue weighted by atomic mass is 10.0. The largest absolute Gasteiger partial charge is 0.416 e. The highest BCUT2D eigenvalue weighted by molar-refractivity contribution is 5.78. The first kappa shape index (κ1) is 32.1. The molecule has 0 saturated carbocycles. The number of nitrogens with two attached hydrogens (primary N) is 2. The van der Waals surface area contributed by atoms with Gasteiger partial charge >= 0.3 is 6.18 Å². The normalized spacial score (nSPS) is 17.5. The zero-order valence-electron chi connectivity index (χ0n) is 22.8. The standard InChI is InChI=1S/C18H19F3N4.C5H12N2.C5H12/c1-23-9-8-15(22)17(25-10-3-4-11-25)16(24-2)13-6-5-7-14(12-13)18(19,20)21;6-5-1-3-7-4-2-5;1-5(2,3)4/h3,5-10,12H,2,4,11,22H2,1H3;5,7H,1-4,6H2;1-4H3/b15-8-,17-16-,23-9?;;. The predicted octanol–water partition coefficient (Wildman–Crippen LogP) is 5.59. The zero-order chi connectivity index (χ0) is 28.1. The number of hydrogen-bond donors (Lipinski definition) is 3. The predicted molar refractivity (Wildman–Crippen MR) is 150 cm³/mol. The van der Waals surface area contributed by atoms with E-state index in [0.717, 1.165) is 44.5 Å². The van der Waals surface area contributed by atoms with Crippen molar-refractivity contribution in [3.8, 4) is 0 Å². The number of rotatable bonds is 5. The molecule has 5 N–H and O–H groups in total. The third-order valence-corrected chi connectivity index (χ3v) is 5.02. The summed E-state index contributed by atoms with van der Waals surface area (Å²) >= 11 is 0. The second-order valence-corrected chi connectivity index (χ2v) is 10.4. The number of nitrogens with one attached hydrogen (secondary N) is 1. The molecule has 0 radical (unpaired) electrons. The van der Waals surface area contributed by atoms with E-state index in [1.54, 1.807) is 19.2 Å². The van der Waals surface area contributed by atoms with Crippen LogP contribution < -0.4 is 16.8 Å². The lowest BCUT2D eigenvalue weighted by Crippen LogP contribution is -2.35. The van der Waals surface area contributed by atoms with Gasteiger partial charge in [-0.25, -0.2) is 0 Å². The first-order valence-corrected chi connectivity index (χ1v) is 12.4. The third kappa shape index (κ3) is 12.7. The number of nitrogens with zero attached hydrogens (tertiary/aromatic N) is 3. The van der Waals surface area contributed by atoms with E-state index >= 15 is 0 Å². The number of piperidine rings is 1. The molecule has 1 fully saturated rings. The summed E-state index contributed by atoms with van der Waals surface area (Å²) in [5.74, 6) is 0. The molecule has 0 aromatic heterocycles. The maximum absolute atomic E-state index is 13.0. The molecule has 0 aliphatic carbocycles. The van der Waals surface area contributed by atoms with Gasteiger partial charge in [0.25, 0.3) is 0 Å². The molecular formula is C28H43F3N6. The molecule has 2 aliphatic heterocycles. The van der Waals surface area contributed by atoms with Crippen LogP contribution in [-0.4, -0.2) is 50.6 Å². The van der Waals surface area contributed by atoms with Crippen LogP contribution in [0.25, 0.3) is 5.70 Å². The Balaban J connectivity index is 0.000000467. The average molecular weight is 521 g/mol. The van der Waals surface area contributed by atoms with E-state index in [1.807, 2.05) is 17.2 Å². The van der Waals surface area contributed by atoms with Gasteiger partial charge in [0.1, 0.15) is 0 Å². The lowest BCUT2D eigenvalue weighted by Gasteiger charge is -2.23. The van der Waals surface area contributed by atoms with Crippen LogP contribution in [0.2, 0.25) is 0 Å². The Hall–Kier alpha value is -2.91. The molecule has 37 heavy (non-hydrogen) atoms. The molecule has 6 nitrogen and oxygen atoms in total. The smallest absolute Gasteiger partial charge is 0.397 e. The minimum atomic E-state index is -4.44. The Labute approximate surface area is 220 Å². The molecule has 206 valence electrons. The quantitative estimate of drug-likeness (QED) is 0.349. The lowest BCUT2D eigenvalue weighted by molar-refractivity contribution is -0.137. The average Bonchev–Trinajstić information content (AvgIpc) is 3.34.